The Kier molecular flexibility index (Phi) is 4.63. The quantitative estimate of drug-likeness (QED) is 0.496. The fourth-order valence-electron chi connectivity index (χ4n) is 2.46. The molecule has 122 valence electrons. The Morgan fingerprint density at radius 1 is 1.48 bits per heavy atom. The molecule has 23 heavy (non-hydrogen) atoms. The van der Waals surface area contributed by atoms with Gasteiger partial charge < -0.3 is 15.6 Å². The van der Waals surface area contributed by atoms with E-state index >= 15 is 0 Å². The van der Waals surface area contributed by atoms with Gasteiger partial charge in [0, 0.05) is 23.4 Å². The van der Waals surface area contributed by atoms with E-state index in [-0.39, 0.29) is 23.0 Å². The minimum atomic E-state index is -0.568. The van der Waals surface area contributed by atoms with Crippen LogP contribution in [0.4, 0.5) is 11.4 Å². The van der Waals surface area contributed by atoms with Crippen LogP contribution in [0.5, 0.6) is 0 Å². The summed E-state index contributed by atoms with van der Waals surface area (Å²) in [5.74, 6) is 0.153. The van der Waals surface area contributed by atoms with E-state index in [4.69, 9.17) is 10.3 Å². The molecule has 0 saturated heterocycles. The molecule has 1 aromatic heterocycles. The molecule has 2 aromatic rings. The number of nitrogens with two attached hydrogens (primary N) is 1. The second kappa shape index (κ2) is 6.47. The van der Waals surface area contributed by atoms with Gasteiger partial charge >= 0.3 is 0 Å². The first kappa shape index (κ1) is 16.5. The molecule has 1 aromatic carbocycles. The number of nitro groups is 1. The highest BCUT2D eigenvalue weighted by atomic mass is 16.6. The summed E-state index contributed by atoms with van der Waals surface area (Å²) >= 11 is 0. The van der Waals surface area contributed by atoms with Crippen molar-refractivity contribution < 1.29 is 14.2 Å². The van der Waals surface area contributed by atoms with Gasteiger partial charge in [-0.1, -0.05) is 12.1 Å². The van der Waals surface area contributed by atoms with Crippen LogP contribution >= 0.6 is 0 Å². The van der Waals surface area contributed by atoms with Crippen molar-refractivity contribution in [1.82, 2.24) is 10.5 Å². The number of carbonyl (C=O) groups excluding carboxylic acids is 1. The monoisotopic (exact) mass is 318 g/mol. The lowest BCUT2D eigenvalue weighted by atomic mass is 10.0. The molecule has 1 heterocycles. The number of aromatic nitrogens is 1. The maximum Gasteiger partial charge on any atom is 0.270 e. The van der Waals surface area contributed by atoms with Crippen molar-refractivity contribution in [2.45, 2.75) is 33.2 Å². The van der Waals surface area contributed by atoms with Crippen molar-refractivity contribution in [3.05, 3.63) is 50.9 Å². The van der Waals surface area contributed by atoms with Gasteiger partial charge in [0.15, 0.2) is 0 Å². The first-order valence-corrected chi connectivity index (χ1v) is 7.12. The van der Waals surface area contributed by atoms with E-state index in [2.05, 4.69) is 10.5 Å². The van der Waals surface area contributed by atoms with Crippen molar-refractivity contribution in [3.63, 3.8) is 0 Å². The number of nitrogens with zero attached hydrogens (tertiary/aromatic N) is 2. The fraction of sp³-hybridized carbons (Fsp3) is 0.333. The molecule has 0 saturated carbocycles. The number of hydrogen-bond acceptors (Lipinski definition) is 6. The fourth-order valence-corrected chi connectivity index (χ4v) is 2.46. The number of benzene rings is 1. The predicted octanol–water partition coefficient (Wildman–Crippen LogP) is 2.66. The summed E-state index contributed by atoms with van der Waals surface area (Å²) in [6, 6.07) is 3.47. The minimum Gasteiger partial charge on any atom is -0.398 e. The first-order valence-electron chi connectivity index (χ1n) is 7.12. The smallest absolute Gasteiger partial charge is 0.270 e. The summed E-state index contributed by atoms with van der Waals surface area (Å²) in [7, 11) is 0. The third kappa shape index (κ3) is 3.31. The molecule has 0 aliphatic heterocycles. The largest absolute Gasteiger partial charge is 0.398 e. The number of rotatable bonds is 5. The maximum atomic E-state index is 12.5. The lowest BCUT2D eigenvalue weighted by Crippen LogP contribution is -2.29. The molecule has 0 fully saturated rings. The van der Waals surface area contributed by atoms with Crippen LogP contribution in [0.1, 0.15) is 46.8 Å². The molecule has 0 bridgehead atoms. The highest BCUT2D eigenvalue weighted by Gasteiger charge is 2.23. The highest BCUT2D eigenvalue weighted by Crippen LogP contribution is 2.26. The Labute approximate surface area is 132 Å². The summed E-state index contributed by atoms with van der Waals surface area (Å²) in [4.78, 5) is 22.7. The molecule has 8 nitrogen and oxygen atoms in total. The van der Waals surface area contributed by atoms with Gasteiger partial charge in [-0.3, -0.25) is 14.9 Å². The average molecular weight is 318 g/mol. The number of nitro benzene ring substituents is 1. The van der Waals surface area contributed by atoms with Gasteiger partial charge in [0.2, 0.25) is 0 Å². The second-order valence-corrected chi connectivity index (χ2v) is 5.20. The van der Waals surface area contributed by atoms with Crippen LogP contribution in [0.3, 0.4) is 0 Å². The number of aryl methyl sites for hydroxylation is 2. The second-order valence-electron chi connectivity index (χ2n) is 5.20. The third-order valence-corrected chi connectivity index (χ3v) is 3.64. The van der Waals surface area contributed by atoms with Crippen molar-refractivity contribution in [3.8, 4) is 0 Å². The predicted molar refractivity (Wildman–Crippen MR) is 84.0 cm³/mol. The minimum absolute atomic E-state index is 0.0735. The van der Waals surface area contributed by atoms with Gasteiger partial charge in [0.05, 0.1) is 22.2 Å². The number of amides is 1. The molecule has 0 radical (unpaired) electrons. The number of hydrogen-bond donors (Lipinski definition) is 2. The van der Waals surface area contributed by atoms with E-state index in [1.54, 1.807) is 13.8 Å². The zero-order chi connectivity index (χ0) is 17.1. The number of nitrogens with one attached hydrogen (secondary N) is 1. The third-order valence-electron chi connectivity index (χ3n) is 3.64. The standard InChI is InChI=1S/C15H18N4O4/c1-4-13(14-8(2)18-23-9(14)3)17-15(20)11-7-10(19(21)22)5-6-12(11)16/h5-7,13H,4,16H2,1-3H3,(H,17,20). The van der Waals surface area contributed by atoms with Gasteiger partial charge in [-0.15, -0.1) is 0 Å². The normalized spacial score (nSPS) is 12.0. The van der Waals surface area contributed by atoms with E-state index in [9.17, 15) is 14.9 Å². The molecule has 8 heteroatoms. The molecule has 3 N–H and O–H groups in total. The van der Waals surface area contributed by atoms with Gasteiger partial charge in [0.25, 0.3) is 11.6 Å². The van der Waals surface area contributed by atoms with Gasteiger partial charge in [-0.05, 0) is 26.3 Å². The Balaban J connectivity index is 2.30. The average Bonchev–Trinajstić information content (AvgIpc) is 2.84. The first-order chi connectivity index (χ1) is 10.8. The van der Waals surface area contributed by atoms with E-state index in [1.807, 2.05) is 6.92 Å². The number of carbonyl (C=O) groups is 1. The Morgan fingerprint density at radius 3 is 2.70 bits per heavy atom. The molecule has 0 aliphatic carbocycles. The number of anilines is 1. The van der Waals surface area contributed by atoms with Crippen LogP contribution in [0.25, 0.3) is 0 Å². The topological polar surface area (TPSA) is 124 Å². The lowest BCUT2D eigenvalue weighted by Gasteiger charge is -2.17. The molecule has 1 atom stereocenters. The lowest BCUT2D eigenvalue weighted by molar-refractivity contribution is -0.384. The Bertz CT molecular complexity index is 734. The molecule has 1 amide bonds. The molecule has 1 unspecified atom stereocenters. The molecular weight excluding hydrogens is 300 g/mol. The van der Waals surface area contributed by atoms with Crippen molar-refractivity contribution in [2.24, 2.45) is 0 Å². The SMILES string of the molecule is CCC(NC(=O)c1cc([N+](=O)[O-])ccc1N)c1c(C)noc1C. The van der Waals surface area contributed by atoms with Crippen molar-refractivity contribution in [1.29, 1.82) is 0 Å². The van der Waals surface area contributed by atoms with E-state index in [0.717, 1.165) is 5.56 Å². The molecule has 0 aliphatic rings. The van der Waals surface area contributed by atoms with Gasteiger partial charge in [-0.2, -0.15) is 0 Å². The summed E-state index contributed by atoms with van der Waals surface area (Å²) in [6.07, 6.45) is 0.615. The molecular formula is C15H18N4O4. The number of non-ortho nitro benzene ring substituents is 1. The zero-order valence-corrected chi connectivity index (χ0v) is 13.1. The summed E-state index contributed by atoms with van der Waals surface area (Å²) in [5.41, 5.74) is 7.35. The van der Waals surface area contributed by atoms with E-state index < -0.39 is 10.8 Å². The Hall–Kier alpha value is -2.90. The highest BCUT2D eigenvalue weighted by molar-refractivity contribution is 6.00. The van der Waals surface area contributed by atoms with Crippen LogP contribution in [-0.4, -0.2) is 16.0 Å². The van der Waals surface area contributed by atoms with Gasteiger partial charge in [-0.25, -0.2) is 0 Å². The molecule has 2 rings (SSSR count). The van der Waals surface area contributed by atoms with Crippen LogP contribution in [-0.2, 0) is 0 Å². The number of nitrogen functional groups attached to an aromatic ring is 1. The van der Waals surface area contributed by atoms with Crippen LogP contribution in [0.15, 0.2) is 22.7 Å². The van der Waals surface area contributed by atoms with Crippen LogP contribution in [0, 0.1) is 24.0 Å². The summed E-state index contributed by atoms with van der Waals surface area (Å²) in [6.45, 7) is 5.47. The van der Waals surface area contributed by atoms with Crippen molar-refractivity contribution >= 4 is 17.3 Å². The van der Waals surface area contributed by atoms with E-state index in [0.29, 0.717) is 17.9 Å². The van der Waals surface area contributed by atoms with E-state index in [1.165, 1.54) is 18.2 Å². The zero-order valence-electron chi connectivity index (χ0n) is 13.1. The summed E-state index contributed by atoms with van der Waals surface area (Å²) < 4.78 is 5.12. The Morgan fingerprint density at radius 2 is 2.17 bits per heavy atom. The molecule has 0 spiro atoms. The van der Waals surface area contributed by atoms with Crippen molar-refractivity contribution in [2.75, 3.05) is 5.73 Å². The van der Waals surface area contributed by atoms with Gasteiger partial charge in [0.1, 0.15) is 5.76 Å². The van der Waals surface area contributed by atoms with Crippen LogP contribution < -0.4 is 11.1 Å². The van der Waals surface area contributed by atoms with Crippen LogP contribution in [0.2, 0.25) is 0 Å². The maximum absolute atomic E-state index is 12.5. The summed E-state index contributed by atoms with van der Waals surface area (Å²) in [5, 5.41) is 17.6.